The molecule has 1 aliphatic rings. The lowest BCUT2D eigenvalue weighted by Gasteiger charge is -2.21. The molecule has 1 aromatic heterocycles. The topological polar surface area (TPSA) is 42.7 Å². The molecule has 1 aromatic carbocycles. The molecule has 0 bridgehead atoms. The Morgan fingerprint density at radius 3 is 2.71 bits per heavy atom. The standard InChI is InChI=1S/C18H24N4S.ClH/c1-22-17(14-16-9-11-19-12-10-16)20-21-18(22)23-13-5-8-15-6-3-2-4-7-15;/h2-8,16,19H,9-14H2,1H3;1H/b8-5+;. The molecule has 0 atom stereocenters. The van der Waals surface area contributed by atoms with Gasteiger partial charge in [-0.15, -0.1) is 22.6 Å². The first-order chi connectivity index (χ1) is 11.3. The highest BCUT2D eigenvalue weighted by Gasteiger charge is 2.17. The average Bonchev–Trinajstić information content (AvgIpc) is 2.94. The third-order valence-corrected chi connectivity index (χ3v) is 5.25. The molecule has 1 aliphatic heterocycles. The number of nitrogens with one attached hydrogen (secondary N) is 1. The van der Waals surface area contributed by atoms with E-state index < -0.39 is 0 Å². The molecule has 3 rings (SSSR count). The minimum absolute atomic E-state index is 0. The molecule has 0 amide bonds. The number of piperidine rings is 1. The van der Waals surface area contributed by atoms with Crippen molar-refractivity contribution in [3.63, 3.8) is 0 Å². The number of aromatic nitrogens is 3. The van der Waals surface area contributed by atoms with Crippen molar-refractivity contribution in [1.82, 2.24) is 20.1 Å². The summed E-state index contributed by atoms with van der Waals surface area (Å²) in [7, 11) is 2.08. The lowest BCUT2D eigenvalue weighted by molar-refractivity contribution is 0.363. The van der Waals surface area contributed by atoms with Crippen molar-refractivity contribution in [2.45, 2.75) is 24.4 Å². The Morgan fingerprint density at radius 2 is 1.96 bits per heavy atom. The second-order valence-electron chi connectivity index (χ2n) is 5.98. The first-order valence-corrected chi connectivity index (χ1v) is 9.25. The van der Waals surface area contributed by atoms with Crippen molar-refractivity contribution in [1.29, 1.82) is 0 Å². The number of thioether (sulfide) groups is 1. The molecule has 2 heterocycles. The average molecular weight is 365 g/mol. The van der Waals surface area contributed by atoms with Crippen molar-refractivity contribution < 1.29 is 0 Å². The van der Waals surface area contributed by atoms with Gasteiger partial charge in [-0.3, -0.25) is 0 Å². The molecule has 0 saturated carbocycles. The zero-order valence-electron chi connectivity index (χ0n) is 14.0. The molecule has 1 saturated heterocycles. The van der Waals surface area contributed by atoms with Gasteiger partial charge in [-0.05, 0) is 37.4 Å². The van der Waals surface area contributed by atoms with Crippen molar-refractivity contribution >= 4 is 30.2 Å². The summed E-state index contributed by atoms with van der Waals surface area (Å²) < 4.78 is 2.16. The Balaban J connectivity index is 0.00000208. The minimum atomic E-state index is 0. The van der Waals surface area contributed by atoms with Gasteiger partial charge in [-0.2, -0.15) is 0 Å². The van der Waals surface area contributed by atoms with E-state index in [1.807, 2.05) is 6.07 Å². The normalized spacial score (nSPS) is 15.5. The van der Waals surface area contributed by atoms with Gasteiger partial charge in [-0.1, -0.05) is 54.2 Å². The van der Waals surface area contributed by atoms with Gasteiger partial charge < -0.3 is 9.88 Å². The van der Waals surface area contributed by atoms with Gasteiger partial charge in [0, 0.05) is 19.2 Å². The van der Waals surface area contributed by atoms with Crippen LogP contribution in [0.15, 0.2) is 41.6 Å². The molecule has 24 heavy (non-hydrogen) atoms. The van der Waals surface area contributed by atoms with Crippen LogP contribution in [0.2, 0.25) is 0 Å². The quantitative estimate of drug-likeness (QED) is 0.795. The van der Waals surface area contributed by atoms with Crippen LogP contribution in [0.3, 0.4) is 0 Å². The van der Waals surface area contributed by atoms with Gasteiger partial charge in [-0.25, -0.2) is 0 Å². The van der Waals surface area contributed by atoms with Crippen LogP contribution in [-0.4, -0.2) is 33.6 Å². The first kappa shape index (κ1) is 19.0. The molecule has 0 aliphatic carbocycles. The first-order valence-electron chi connectivity index (χ1n) is 8.26. The van der Waals surface area contributed by atoms with Gasteiger partial charge in [0.2, 0.25) is 0 Å². The lowest BCUT2D eigenvalue weighted by Crippen LogP contribution is -2.29. The number of hydrogen-bond acceptors (Lipinski definition) is 4. The summed E-state index contributed by atoms with van der Waals surface area (Å²) in [4.78, 5) is 0. The molecule has 0 radical (unpaired) electrons. The van der Waals surface area contributed by atoms with Crippen LogP contribution in [0.1, 0.15) is 24.2 Å². The maximum Gasteiger partial charge on any atom is 0.191 e. The fourth-order valence-electron chi connectivity index (χ4n) is 2.86. The third kappa shape index (κ3) is 5.36. The van der Waals surface area contributed by atoms with E-state index in [1.54, 1.807) is 11.8 Å². The Kier molecular flexibility index (Phi) is 7.82. The van der Waals surface area contributed by atoms with Crippen LogP contribution in [0.25, 0.3) is 6.08 Å². The van der Waals surface area contributed by atoms with Crippen LogP contribution in [0.5, 0.6) is 0 Å². The number of rotatable bonds is 6. The van der Waals surface area contributed by atoms with Gasteiger partial charge >= 0.3 is 0 Å². The second-order valence-corrected chi connectivity index (χ2v) is 6.97. The second kappa shape index (κ2) is 9.87. The fraction of sp³-hybridized carbons (Fsp3) is 0.444. The summed E-state index contributed by atoms with van der Waals surface area (Å²) in [5.41, 5.74) is 1.23. The molecule has 6 heteroatoms. The minimum Gasteiger partial charge on any atom is -0.317 e. The smallest absolute Gasteiger partial charge is 0.191 e. The molecule has 0 unspecified atom stereocenters. The van der Waals surface area contributed by atoms with Gasteiger partial charge in [0.05, 0.1) is 0 Å². The molecule has 2 aromatic rings. The van der Waals surface area contributed by atoms with Crippen LogP contribution in [-0.2, 0) is 13.5 Å². The van der Waals surface area contributed by atoms with Gasteiger partial charge in [0.25, 0.3) is 0 Å². The Bertz CT molecular complexity index is 636. The zero-order chi connectivity index (χ0) is 15.9. The zero-order valence-corrected chi connectivity index (χ0v) is 15.7. The van der Waals surface area contributed by atoms with E-state index in [0.717, 1.165) is 42.2 Å². The van der Waals surface area contributed by atoms with Gasteiger partial charge in [0.15, 0.2) is 5.16 Å². The molecule has 1 fully saturated rings. The van der Waals surface area contributed by atoms with Crippen LogP contribution in [0.4, 0.5) is 0 Å². The monoisotopic (exact) mass is 364 g/mol. The molecule has 0 spiro atoms. The molecule has 130 valence electrons. The molecular formula is C18H25ClN4S. The van der Waals surface area contributed by atoms with Gasteiger partial charge in [0.1, 0.15) is 5.82 Å². The number of hydrogen-bond donors (Lipinski definition) is 1. The number of benzene rings is 1. The van der Waals surface area contributed by atoms with E-state index in [1.165, 1.54) is 18.4 Å². The lowest BCUT2D eigenvalue weighted by atomic mass is 9.94. The highest BCUT2D eigenvalue weighted by Crippen LogP contribution is 2.21. The SMILES string of the molecule is Cl.Cn1c(CC2CCNCC2)nnc1SC/C=C/c1ccccc1. The van der Waals surface area contributed by atoms with E-state index in [2.05, 4.69) is 63.5 Å². The van der Waals surface area contributed by atoms with Crippen molar-refractivity contribution in [3.8, 4) is 0 Å². The van der Waals surface area contributed by atoms with E-state index >= 15 is 0 Å². The summed E-state index contributed by atoms with van der Waals surface area (Å²) in [5, 5.41) is 13.2. The number of nitrogens with zero attached hydrogens (tertiary/aromatic N) is 3. The maximum atomic E-state index is 4.39. The summed E-state index contributed by atoms with van der Waals surface area (Å²) in [6.45, 7) is 2.27. The van der Waals surface area contributed by atoms with Crippen molar-refractivity contribution in [2.75, 3.05) is 18.8 Å². The Hall–Kier alpha value is -1.30. The van der Waals surface area contributed by atoms with E-state index in [9.17, 15) is 0 Å². The molecule has 4 nitrogen and oxygen atoms in total. The van der Waals surface area contributed by atoms with E-state index in [4.69, 9.17) is 0 Å². The highest BCUT2D eigenvalue weighted by atomic mass is 35.5. The fourth-order valence-corrected chi connectivity index (χ4v) is 3.60. The largest absolute Gasteiger partial charge is 0.317 e. The third-order valence-electron chi connectivity index (χ3n) is 4.27. The Morgan fingerprint density at radius 1 is 1.21 bits per heavy atom. The molecular weight excluding hydrogens is 340 g/mol. The predicted molar refractivity (Wildman–Crippen MR) is 104 cm³/mol. The molecule has 1 N–H and O–H groups in total. The van der Waals surface area contributed by atoms with Crippen molar-refractivity contribution in [3.05, 3.63) is 47.8 Å². The summed E-state index contributed by atoms with van der Waals surface area (Å²) in [5.74, 6) is 2.77. The Labute approximate surface area is 154 Å². The number of halogens is 1. The summed E-state index contributed by atoms with van der Waals surface area (Å²) in [6.07, 6.45) is 7.87. The summed E-state index contributed by atoms with van der Waals surface area (Å²) in [6, 6.07) is 10.4. The van der Waals surface area contributed by atoms with E-state index in [0.29, 0.717) is 0 Å². The van der Waals surface area contributed by atoms with Crippen molar-refractivity contribution in [2.24, 2.45) is 13.0 Å². The highest BCUT2D eigenvalue weighted by molar-refractivity contribution is 7.99. The maximum absolute atomic E-state index is 4.39. The van der Waals surface area contributed by atoms with Crippen LogP contribution < -0.4 is 5.32 Å². The summed E-state index contributed by atoms with van der Waals surface area (Å²) >= 11 is 1.74. The predicted octanol–water partition coefficient (Wildman–Crippen LogP) is 3.58. The van der Waals surface area contributed by atoms with E-state index in [-0.39, 0.29) is 12.4 Å². The van der Waals surface area contributed by atoms with Crippen LogP contribution >= 0.6 is 24.2 Å². The van der Waals surface area contributed by atoms with Crippen LogP contribution in [0, 0.1) is 5.92 Å².